The number of hydrogen-bond donors (Lipinski definition) is 0. The van der Waals surface area contributed by atoms with Gasteiger partial charge in [0.1, 0.15) is 5.69 Å². The molecule has 114 valence electrons. The summed E-state index contributed by atoms with van der Waals surface area (Å²) in [6.07, 6.45) is 1.60. The number of nitrogens with zero attached hydrogens (tertiary/aromatic N) is 4. The molecule has 1 aromatic heterocycles. The quantitative estimate of drug-likeness (QED) is 0.494. The molecule has 0 fully saturated rings. The van der Waals surface area contributed by atoms with Crippen LogP contribution in [0, 0.1) is 11.3 Å². The summed E-state index contributed by atoms with van der Waals surface area (Å²) >= 11 is 0. The molecule has 6 heteroatoms. The Bertz CT molecular complexity index is 782. The molecule has 0 spiro atoms. The van der Waals surface area contributed by atoms with Gasteiger partial charge in [0.2, 0.25) is 0 Å². The van der Waals surface area contributed by atoms with Gasteiger partial charge in [-0.15, -0.1) is 0 Å². The van der Waals surface area contributed by atoms with E-state index in [0.717, 1.165) is 5.52 Å². The highest BCUT2D eigenvalue weighted by Gasteiger charge is 2.23. The van der Waals surface area contributed by atoms with Gasteiger partial charge in [0, 0.05) is 26.5 Å². The molecule has 1 aromatic carbocycles. The van der Waals surface area contributed by atoms with Crippen LogP contribution >= 0.6 is 0 Å². The van der Waals surface area contributed by atoms with Gasteiger partial charge in [0.05, 0.1) is 30.1 Å². The van der Waals surface area contributed by atoms with Gasteiger partial charge >= 0.3 is 5.97 Å². The molecule has 0 bridgehead atoms. The number of rotatable bonds is 4. The Morgan fingerprint density at radius 3 is 2.82 bits per heavy atom. The molecule has 0 aliphatic rings. The lowest BCUT2D eigenvalue weighted by Gasteiger charge is -2.06. The van der Waals surface area contributed by atoms with Crippen LogP contribution in [0.25, 0.3) is 10.9 Å². The van der Waals surface area contributed by atoms with Crippen molar-refractivity contribution in [2.45, 2.75) is 6.92 Å². The molecule has 0 saturated carbocycles. The molecule has 0 radical (unpaired) electrons. The third kappa shape index (κ3) is 2.66. The Morgan fingerprint density at radius 1 is 1.50 bits per heavy atom. The van der Waals surface area contributed by atoms with Crippen molar-refractivity contribution in [2.24, 2.45) is 12.0 Å². The smallest absolute Gasteiger partial charge is 0.357 e. The average molecular weight is 298 g/mol. The summed E-state index contributed by atoms with van der Waals surface area (Å²) in [7, 11) is 5.44. The molecular formula is C16H18N4O2. The summed E-state index contributed by atoms with van der Waals surface area (Å²) in [4.78, 5) is 18.4. The lowest BCUT2D eigenvalue weighted by atomic mass is 10.1. The zero-order valence-electron chi connectivity index (χ0n) is 13.1. The first-order chi connectivity index (χ1) is 10.5. The summed E-state index contributed by atoms with van der Waals surface area (Å²) in [6.45, 7) is 2.03. The number of nitriles is 1. The second-order valence-corrected chi connectivity index (χ2v) is 5.00. The zero-order valence-corrected chi connectivity index (χ0v) is 13.1. The van der Waals surface area contributed by atoms with E-state index >= 15 is 0 Å². The minimum Gasteiger partial charge on any atom is -0.461 e. The lowest BCUT2D eigenvalue weighted by molar-refractivity contribution is 0.0517. The normalized spacial score (nSPS) is 10.9. The highest BCUT2D eigenvalue weighted by Crippen LogP contribution is 2.35. The predicted molar refractivity (Wildman–Crippen MR) is 85.4 cm³/mol. The van der Waals surface area contributed by atoms with Gasteiger partial charge in [-0.25, -0.2) is 9.79 Å². The molecule has 0 aliphatic carbocycles. The Labute approximate surface area is 129 Å². The summed E-state index contributed by atoms with van der Waals surface area (Å²) in [5, 5.41) is 10.0. The standard InChI is InChI=1S/C16H18N4O2/c1-5-22-16(21)15-14(18-10-19(2)3)13-11(9-17)7-6-8-12(13)20(15)4/h6-8,10H,5H2,1-4H3/b18-10+. The van der Waals surface area contributed by atoms with E-state index in [2.05, 4.69) is 11.1 Å². The van der Waals surface area contributed by atoms with Crippen LogP contribution in [0.1, 0.15) is 23.0 Å². The van der Waals surface area contributed by atoms with Crippen LogP contribution in [0.2, 0.25) is 0 Å². The summed E-state index contributed by atoms with van der Waals surface area (Å²) in [5.41, 5.74) is 2.06. The van der Waals surface area contributed by atoms with Gasteiger partial charge in [-0.1, -0.05) is 6.07 Å². The first-order valence-corrected chi connectivity index (χ1v) is 6.90. The van der Waals surface area contributed by atoms with Gasteiger partial charge < -0.3 is 14.2 Å². The van der Waals surface area contributed by atoms with Crippen LogP contribution in [-0.2, 0) is 11.8 Å². The maximum Gasteiger partial charge on any atom is 0.357 e. The zero-order chi connectivity index (χ0) is 16.3. The van der Waals surface area contributed by atoms with Crippen molar-refractivity contribution in [1.82, 2.24) is 9.47 Å². The maximum absolute atomic E-state index is 12.3. The Kier molecular flexibility index (Phi) is 4.47. The highest BCUT2D eigenvalue weighted by atomic mass is 16.5. The van der Waals surface area contributed by atoms with E-state index in [0.29, 0.717) is 22.3 Å². The minimum absolute atomic E-state index is 0.280. The highest BCUT2D eigenvalue weighted by molar-refractivity contribution is 6.08. The van der Waals surface area contributed by atoms with Crippen LogP contribution in [0.5, 0.6) is 0 Å². The van der Waals surface area contributed by atoms with E-state index in [4.69, 9.17) is 4.74 Å². The third-order valence-corrected chi connectivity index (χ3v) is 3.21. The molecule has 6 nitrogen and oxygen atoms in total. The van der Waals surface area contributed by atoms with E-state index in [1.54, 1.807) is 41.9 Å². The number of ether oxygens (including phenoxy) is 1. The van der Waals surface area contributed by atoms with Gasteiger partial charge in [-0.2, -0.15) is 5.26 Å². The number of aliphatic imine (C=N–C) groups is 1. The summed E-state index contributed by atoms with van der Waals surface area (Å²) in [6, 6.07) is 7.51. The van der Waals surface area contributed by atoms with Crippen molar-refractivity contribution in [3.8, 4) is 6.07 Å². The number of benzene rings is 1. The topological polar surface area (TPSA) is 70.6 Å². The average Bonchev–Trinajstić information content (AvgIpc) is 2.78. The number of fused-ring (bicyclic) bond motifs is 1. The molecule has 0 N–H and O–H groups in total. The number of esters is 1. The number of aromatic nitrogens is 1. The summed E-state index contributed by atoms with van der Waals surface area (Å²) < 4.78 is 6.85. The van der Waals surface area contributed by atoms with Crippen LogP contribution in [0.4, 0.5) is 5.69 Å². The Morgan fingerprint density at radius 2 is 2.23 bits per heavy atom. The Hall–Kier alpha value is -2.81. The predicted octanol–water partition coefficient (Wildman–Crippen LogP) is 2.45. The van der Waals surface area contributed by atoms with Crippen molar-refractivity contribution in [3.63, 3.8) is 0 Å². The van der Waals surface area contributed by atoms with Crippen LogP contribution < -0.4 is 0 Å². The van der Waals surface area contributed by atoms with Crippen molar-refractivity contribution in [3.05, 3.63) is 29.5 Å². The molecule has 0 saturated heterocycles. The van der Waals surface area contributed by atoms with Crippen LogP contribution in [0.3, 0.4) is 0 Å². The van der Waals surface area contributed by atoms with E-state index < -0.39 is 5.97 Å². The number of carbonyl (C=O) groups is 1. The number of carbonyl (C=O) groups excluding carboxylic acids is 1. The van der Waals surface area contributed by atoms with Gasteiger partial charge in [0.25, 0.3) is 0 Å². The molecule has 0 aliphatic heterocycles. The fraction of sp³-hybridized carbons (Fsp3) is 0.312. The second kappa shape index (κ2) is 6.31. The van der Waals surface area contributed by atoms with Gasteiger partial charge in [-0.3, -0.25) is 0 Å². The molecule has 0 amide bonds. The first-order valence-electron chi connectivity index (χ1n) is 6.90. The van der Waals surface area contributed by atoms with E-state index in [1.807, 2.05) is 20.2 Å². The Balaban J connectivity index is 2.82. The minimum atomic E-state index is -0.448. The molecular weight excluding hydrogens is 280 g/mol. The maximum atomic E-state index is 12.3. The largest absolute Gasteiger partial charge is 0.461 e. The number of hydrogen-bond acceptors (Lipinski definition) is 4. The second-order valence-electron chi connectivity index (χ2n) is 5.00. The van der Waals surface area contributed by atoms with Crippen molar-refractivity contribution < 1.29 is 9.53 Å². The van der Waals surface area contributed by atoms with Crippen molar-refractivity contribution >= 4 is 28.9 Å². The van der Waals surface area contributed by atoms with Crippen molar-refractivity contribution in [2.75, 3.05) is 20.7 Å². The fourth-order valence-corrected chi connectivity index (χ4v) is 2.29. The molecule has 0 atom stereocenters. The summed E-state index contributed by atoms with van der Waals surface area (Å²) in [5.74, 6) is -0.448. The molecule has 0 unspecified atom stereocenters. The van der Waals surface area contributed by atoms with Gasteiger partial charge in [0.15, 0.2) is 5.69 Å². The lowest BCUT2D eigenvalue weighted by Crippen LogP contribution is -2.11. The van der Waals surface area contributed by atoms with E-state index in [9.17, 15) is 10.1 Å². The molecule has 22 heavy (non-hydrogen) atoms. The molecule has 1 heterocycles. The van der Waals surface area contributed by atoms with E-state index in [1.165, 1.54) is 0 Å². The fourth-order valence-electron chi connectivity index (χ4n) is 2.29. The first kappa shape index (κ1) is 15.6. The van der Waals surface area contributed by atoms with Crippen LogP contribution in [-0.4, -0.2) is 42.5 Å². The van der Waals surface area contributed by atoms with Crippen molar-refractivity contribution in [1.29, 1.82) is 5.26 Å². The van der Waals surface area contributed by atoms with E-state index in [-0.39, 0.29) is 6.61 Å². The monoisotopic (exact) mass is 298 g/mol. The number of aryl methyl sites for hydroxylation is 1. The third-order valence-electron chi connectivity index (χ3n) is 3.21. The molecule has 2 aromatic rings. The SMILES string of the molecule is CCOC(=O)c1c(/N=C/N(C)C)c2c(C#N)cccc2n1C. The van der Waals surface area contributed by atoms with Crippen LogP contribution in [0.15, 0.2) is 23.2 Å². The molecule has 2 rings (SSSR count). The van der Waals surface area contributed by atoms with Gasteiger partial charge in [-0.05, 0) is 19.1 Å².